The molecule has 0 saturated heterocycles. The third-order valence-electron chi connectivity index (χ3n) is 2.30. The van der Waals surface area contributed by atoms with Gasteiger partial charge in [-0.15, -0.1) is 0 Å². The second-order valence-corrected chi connectivity index (χ2v) is 4.26. The van der Waals surface area contributed by atoms with Gasteiger partial charge in [0.15, 0.2) is 11.2 Å². The molecule has 19 heavy (non-hydrogen) atoms. The molecule has 0 spiro atoms. The van der Waals surface area contributed by atoms with E-state index in [9.17, 15) is 14.7 Å². The van der Waals surface area contributed by atoms with Crippen LogP contribution in [0.1, 0.15) is 17.3 Å². The average Bonchev–Trinajstić information content (AvgIpc) is 2.36. The smallest absolute Gasteiger partial charge is 0.328 e. The van der Waals surface area contributed by atoms with Crippen molar-refractivity contribution < 1.29 is 19.8 Å². The SMILES string of the molecule is CC(O)C(NC(=S)NC(=O)c1ccccc1)C(=O)O. The molecule has 1 rings (SSSR count). The normalized spacial score (nSPS) is 13.2. The molecule has 1 aromatic carbocycles. The van der Waals surface area contributed by atoms with Crippen LogP contribution in [-0.2, 0) is 4.79 Å². The van der Waals surface area contributed by atoms with E-state index < -0.39 is 24.0 Å². The lowest BCUT2D eigenvalue weighted by Crippen LogP contribution is -2.52. The maximum absolute atomic E-state index is 11.7. The highest BCUT2D eigenvalue weighted by molar-refractivity contribution is 7.80. The first kappa shape index (κ1) is 15.1. The van der Waals surface area contributed by atoms with Crippen LogP contribution in [0, 0.1) is 0 Å². The Hall–Kier alpha value is -1.99. The van der Waals surface area contributed by atoms with Crippen molar-refractivity contribution in [3.05, 3.63) is 35.9 Å². The van der Waals surface area contributed by atoms with Gasteiger partial charge in [-0.05, 0) is 31.3 Å². The minimum atomic E-state index is -1.27. The molecule has 0 heterocycles. The fraction of sp³-hybridized carbons (Fsp3) is 0.250. The Balaban J connectivity index is 2.61. The molecule has 7 heteroatoms. The largest absolute Gasteiger partial charge is 0.480 e. The van der Waals surface area contributed by atoms with E-state index in [1.54, 1.807) is 30.3 Å². The van der Waals surface area contributed by atoms with Crippen molar-refractivity contribution in [3.8, 4) is 0 Å². The molecule has 0 aliphatic rings. The Morgan fingerprint density at radius 3 is 2.32 bits per heavy atom. The molecule has 0 aliphatic carbocycles. The number of carbonyl (C=O) groups is 2. The van der Waals surface area contributed by atoms with Gasteiger partial charge in [-0.3, -0.25) is 10.1 Å². The van der Waals surface area contributed by atoms with Crippen LogP contribution in [0.4, 0.5) is 0 Å². The molecular formula is C12H14N2O4S. The predicted molar refractivity (Wildman–Crippen MR) is 72.7 cm³/mol. The molecule has 0 aromatic heterocycles. The number of aliphatic hydroxyl groups is 1. The number of nitrogens with one attached hydrogen (secondary N) is 2. The molecule has 102 valence electrons. The van der Waals surface area contributed by atoms with Crippen molar-refractivity contribution in [3.63, 3.8) is 0 Å². The van der Waals surface area contributed by atoms with E-state index >= 15 is 0 Å². The van der Waals surface area contributed by atoms with E-state index in [2.05, 4.69) is 10.6 Å². The topological polar surface area (TPSA) is 98.7 Å². The number of thiocarbonyl (C=S) groups is 1. The summed E-state index contributed by atoms with van der Waals surface area (Å²) in [5.41, 5.74) is 0.399. The quantitative estimate of drug-likeness (QED) is 0.586. The molecule has 0 saturated carbocycles. The number of aliphatic carboxylic acids is 1. The summed E-state index contributed by atoms with van der Waals surface area (Å²) >= 11 is 4.83. The molecule has 1 aromatic rings. The van der Waals surface area contributed by atoms with E-state index in [1.165, 1.54) is 6.92 Å². The van der Waals surface area contributed by atoms with Crippen molar-refractivity contribution in [2.45, 2.75) is 19.1 Å². The summed E-state index contributed by atoms with van der Waals surface area (Å²) in [6.45, 7) is 1.31. The summed E-state index contributed by atoms with van der Waals surface area (Å²) in [6, 6.07) is 7.08. The molecular weight excluding hydrogens is 268 g/mol. The van der Waals surface area contributed by atoms with Crippen molar-refractivity contribution in [1.82, 2.24) is 10.6 Å². The molecule has 2 unspecified atom stereocenters. The van der Waals surface area contributed by atoms with Crippen LogP contribution in [0.15, 0.2) is 30.3 Å². The number of hydrogen-bond acceptors (Lipinski definition) is 4. The third kappa shape index (κ3) is 4.65. The Morgan fingerprint density at radius 2 is 1.84 bits per heavy atom. The van der Waals surface area contributed by atoms with Gasteiger partial charge < -0.3 is 15.5 Å². The maximum atomic E-state index is 11.7. The number of aliphatic hydroxyl groups excluding tert-OH is 1. The van der Waals surface area contributed by atoms with Gasteiger partial charge in [0.2, 0.25) is 0 Å². The molecule has 4 N–H and O–H groups in total. The van der Waals surface area contributed by atoms with Gasteiger partial charge in [-0.1, -0.05) is 18.2 Å². The molecule has 6 nitrogen and oxygen atoms in total. The second kappa shape index (κ2) is 6.81. The summed E-state index contributed by atoms with van der Waals surface area (Å²) in [6.07, 6.45) is -1.15. The zero-order chi connectivity index (χ0) is 14.4. The van der Waals surface area contributed by atoms with Gasteiger partial charge in [0, 0.05) is 5.56 Å². The van der Waals surface area contributed by atoms with E-state index in [4.69, 9.17) is 17.3 Å². The Bertz CT molecular complexity index is 476. The fourth-order valence-corrected chi connectivity index (χ4v) is 1.55. The Kier molecular flexibility index (Phi) is 5.40. The molecule has 2 atom stereocenters. The van der Waals surface area contributed by atoms with Crippen LogP contribution in [-0.4, -0.2) is 39.3 Å². The lowest BCUT2D eigenvalue weighted by Gasteiger charge is -2.18. The van der Waals surface area contributed by atoms with Crippen LogP contribution in [0.2, 0.25) is 0 Å². The monoisotopic (exact) mass is 282 g/mol. The third-order valence-corrected chi connectivity index (χ3v) is 2.52. The van der Waals surface area contributed by atoms with Crippen molar-refractivity contribution in [1.29, 1.82) is 0 Å². The second-order valence-electron chi connectivity index (χ2n) is 3.85. The highest BCUT2D eigenvalue weighted by Crippen LogP contribution is 1.98. The van der Waals surface area contributed by atoms with Crippen LogP contribution in [0.25, 0.3) is 0 Å². The van der Waals surface area contributed by atoms with Crippen molar-refractivity contribution in [2.24, 2.45) is 0 Å². The maximum Gasteiger partial charge on any atom is 0.328 e. The molecule has 0 fully saturated rings. The molecule has 0 bridgehead atoms. The van der Waals surface area contributed by atoms with Gasteiger partial charge in [-0.2, -0.15) is 0 Å². The number of carboxylic acids is 1. The number of carboxylic acid groups (broad SMARTS) is 1. The van der Waals surface area contributed by atoms with Gasteiger partial charge >= 0.3 is 5.97 Å². The number of benzene rings is 1. The van der Waals surface area contributed by atoms with Gasteiger partial charge in [0.25, 0.3) is 5.91 Å². The highest BCUT2D eigenvalue weighted by atomic mass is 32.1. The van der Waals surface area contributed by atoms with Gasteiger partial charge in [0.05, 0.1) is 6.10 Å². The average molecular weight is 282 g/mol. The van der Waals surface area contributed by atoms with Crippen LogP contribution in [0.3, 0.4) is 0 Å². The van der Waals surface area contributed by atoms with Crippen LogP contribution in [0.5, 0.6) is 0 Å². The first-order valence-corrected chi connectivity index (χ1v) is 5.90. The lowest BCUT2D eigenvalue weighted by atomic mass is 10.2. The highest BCUT2D eigenvalue weighted by Gasteiger charge is 2.24. The summed E-state index contributed by atoms with van der Waals surface area (Å²) < 4.78 is 0. The van der Waals surface area contributed by atoms with Crippen molar-refractivity contribution in [2.75, 3.05) is 0 Å². The molecule has 0 aliphatic heterocycles. The minimum Gasteiger partial charge on any atom is -0.480 e. The van der Waals surface area contributed by atoms with E-state index in [0.29, 0.717) is 5.56 Å². The lowest BCUT2D eigenvalue weighted by molar-refractivity contribution is -0.141. The standard InChI is InChI=1S/C12H14N2O4S/c1-7(15)9(11(17)18)13-12(19)14-10(16)8-5-3-2-4-6-8/h2-7,9,15H,1H3,(H,17,18)(H2,13,14,16,19). The zero-order valence-corrected chi connectivity index (χ0v) is 11.0. The molecule has 1 amide bonds. The van der Waals surface area contributed by atoms with E-state index in [0.717, 1.165) is 0 Å². The summed E-state index contributed by atoms with van der Waals surface area (Å²) in [5.74, 6) is -1.71. The number of hydrogen-bond donors (Lipinski definition) is 4. The zero-order valence-electron chi connectivity index (χ0n) is 10.2. The van der Waals surface area contributed by atoms with E-state index in [1.807, 2.05) is 0 Å². The van der Waals surface area contributed by atoms with Gasteiger partial charge in [-0.25, -0.2) is 4.79 Å². The summed E-state index contributed by atoms with van der Waals surface area (Å²) in [7, 11) is 0. The van der Waals surface area contributed by atoms with Crippen molar-refractivity contribution >= 4 is 29.2 Å². The number of carbonyl (C=O) groups excluding carboxylic acids is 1. The van der Waals surface area contributed by atoms with E-state index in [-0.39, 0.29) is 5.11 Å². The Labute approximate surface area is 115 Å². The van der Waals surface area contributed by atoms with Crippen LogP contribution < -0.4 is 10.6 Å². The first-order chi connectivity index (χ1) is 8.91. The predicted octanol–water partition coefficient (Wildman–Crippen LogP) is 0.125. The minimum absolute atomic E-state index is 0.151. The van der Waals surface area contributed by atoms with Gasteiger partial charge in [0.1, 0.15) is 0 Å². The van der Waals surface area contributed by atoms with Crippen LogP contribution >= 0.6 is 12.2 Å². The Morgan fingerprint density at radius 1 is 1.26 bits per heavy atom. The fourth-order valence-electron chi connectivity index (χ4n) is 1.33. The molecule has 0 radical (unpaired) electrons. The number of amides is 1. The first-order valence-electron chi connectivity index (χ1n) is 5.49. The summed E-state index contributed by atoms with van der Waals surface area (Å²) in [5, 5.41) is 22.7. The number of rotatable bonds is 4. The summed E-state index contributed by atoms with van der Waals surface area (Å²) in [4.78, 5) is 22.6.